The summed E-state index contributed by atoms with van der Waals surface area (Å²) in [6.07, 6.45) is 0. The van der Waals surface area contributed by atoms with E-state index < -0.39 is 0 Å². The lowest BCUT2D eigenvalue weighted by Gasteiger charge is -2.18. The zero-order chi connectivity index (χ0) is 12.5. The number of furan rings is 1. The van der Waals surface area contributed by atoms with Crippen molar-refractivity contribution in [3.05, 3.63) is 47.7 Å². The maximum Gasteiger partial charge on any atom is 0.204 e. The summed E-state index contributed by atoms with van der Waals surface area (Å²) in [5.41, 5.74) is 2.44. The topological polar surface area (TPSA) is 36.9 Å². The van der Waals surface area contributed by atoms with Crippen molar-refractivity contribution in [2.24, 2.45) is 0 Å². The highest BCUT2D eigenvalue weighted by molar-refractivity contribution is 5.58. The van der Waals surface area contributed by atoms with Crippen LogP contribution in [0.5, 0.6) is 0 Å². The number of nitrogens with zero attached hydrogens (tertiary/aromatic N) is 1. The van der Waals surface area contributed by atoms with Crippen LogP contribution in [0.25, 0.3) is 11.3 Å². The first-order valence-corrected chi connectivity index (χ1v) is 5.61. The van der Waals surface area contributed by atoms with Gasteiger partial charge in [0.2, 0.25) is 5.76 Å². The quantitative estimate of drug-likeness (QED) is 0.732. The summed E-state index contributed by atoms with van der Waals surface area (Å²) in [4.78, 5) is 0. The second-order valence-corrected chi connectivity index (χ2v) is 5.10. The molecule has 2 nitrogen and oxygen atoms in total. The zero-order valence-corrected chi connectivity index (χ0v) is 10.3. The van der Waals surface area contributed by atoms with Crippen molar-refractivity contribution in [3.63, 3.8) is 0 Å². The first-order chi connectivity index (χ1) is 8.00. The van der Waals surface area contributed by atoms with E-state index in [9.17, 15) is 0 Å². The summed E-state index contributed by atoms with van der Waals surface area (Å²) in [7, 11) is 0. The third-order valence-corrected chi connectivity index (χ3v) is 2.75. The molecule has 17 heavy (non-hydrogen) atoms. The Hall–Kier alpha value is -2.01. The molecular formula is C15H15NO. The fraction of sp³-hybridized carbons (Fsp3) is 0.267. The fourth-order valence-electron chi connectivity index (χ4n) is 1.69. The lowest BCUT2D eigenvalue weighted by atomic mass is 9.86. The monoisotopic (exact) mass is 225 g/mol. The molecule has 1 heterocycles. The molecule has 0 radical (unpaired) electrons. The number of hydrogen-bond donors (Lipinski definition) is 0. The molecule has 0 aliphatic rings. The van der Waals surface area contributed by atoms with Gasteiger partial charge in [0.1, 0.15) is 11.8 Å². The first-order valence-electron chi connectivity index (χ1n) is 5.61. The van der Waals surface area contributed by atoms with Gasteiger partial charge in [-0.2, -0.15) is 5.26 Å². The van der Waals surface area contributed by atoms with E-state index >= 15 is 0 Å². The Bertz CT molecular complexity index is 550. The Kier molecular flexibility index (Phi) is 2.77. The van der Waals surface area contributed by atoms with Gasteiger partial charge in [-0.15, -0.1) is 0 Å². The molecule has 0 unspecified atom stereocenters. The smallest absolute Gasteiger partial charge is 0.204 e. The molecule has 0 aliphatic carbocycles. The molecule has 0 aliphatic heterocycles. The van der Waals surface area contributed by atoms with Gasteiger partial charge in [0.05, 0.1) is 0 Å². The molecule has 0 fully saturated rings. The molecule has 2 aromatic rings. The number of nitriles is 1. The van der Waals surface area contributed by atoms with Crippen molar-refractivity contribution in [2.75, 3.05) is 0 Å². The largest absolute Gasteiger partial charge is 0.446 e. The van der Waals surface area contributed by atoms with Gasteiger partial charge in [-0.1, -0.05) is 45.0 Å². The average Bonchev–Trinajstić information content (AvgIpc) is 2.76. The molecule has 86 valence electrons. The third kappa shape index (κ3) is 2.39. The highest BCUT2D eigenvalue weighted by Crippen LogP contribution is 2.26. The van der Waals surface area contributed by atoms with E-state index in [4.69, 9.17) is 9.68 Å². The lowest BCUT2D eigenvalue weighted by molar-refractivity contribution is 0.566. The van der Waals surface area contributed by atoms with E-state index in [0.717, 1.165) is 11.3 Å². The van der Waals surface area contributed by atoms with Gasteiger partial charge in [0.25, 0.3) is 0 Å². The van der Waals surface area contributed by atoms with Gasteiger partial charge >= 0.3 is 0 Å². The molecule has 1 aromatic heterocycles. The molecule has 2 heteroatoms. The van der Waals surface area contributed by atoms with E-state index in [1.807, 2.05) is 24.3 Å². The summed E-state index contributed by atoms with van der Waals surface area (Å²) >= 11 is 0. The fourth-order valence-corrected chi connectivity index (χ4v) is 1.69. The molecule has 2 rings (SSSR count). The maximum atomic E-state index is 8.70. The van der Waals surface area contributed by atoms with E-state index in [1.54, 1.807) is 6.07 Å². The second kappa shape index (κ2) is 4.10. The molecular weight excluding hydrogens is 210 g/mol. The molecule has 0 amide bonds. The summed E-state index contributed by atoms with van der Waals surface area (Å²) in [6.45, 7) is 6.55. The standard InChI is InChI=1S/C15H15NO/c1-15(2,3)12-6-4-11(5-7-12)14-9-8-13(10-16)17-14/h4-9H,1-3H3. The average molecular weight is 225 g/mol. The third-order valence-electron chi connectivity index (χ3n) is 2.75. The summed E-state index contributed by atoms with van der Waals surface area (Å²) in [5, 5.41) is 8.70. The van der Waals surface area contributed by atoms with Crippen LogP contribution in [0.15, 0.2) is 40.8 Å². The van der Waals surface area contributed by atoms with Crippen LogP contribution >= 0.6 is 0 Å². The van der Waals surface area contributed by atoms with Crippen LogP contribution in [0, 0.1) is 11.3 Å². The Morgan fingerprint density at radius 1 is 1.00 bits per heavy atom. The molecule has 1 aromatic carbocycles. The molecule has 0 saturated heterocycles. The SMILES string of the molecule is CC(C)(C)c1ccc(-c2ccc(C#N)o2)cc1. The van der Waals surface area contributed by atoms with Crippen LogP contribution in [-0.4, -0.2) is 0 Å². The summed E-state index contributed by atoms with van der Waals surface area (Å²) in [6, 6.07) is 13.8. The molecule has 0 saturated carbocycles. The minimum absolute atomic E-state index is 0.152. The van der Waals surface area contributed by atoms with Gasteiger partial charge in [0, 0.05) is 5.56 Å². The van der Waals surface area contributed by atoms with Crippen molar-refractivity contribution in [3.8, 4) is 17.4 Å². The van der Waals surface area contributed by atoms with E-state index in [-0.39, 0.29) is 5.41 Å². The van der Waals surface area contributed by atoms with Crippen molar-refractivity contribution in [1.82, 2.24) is 0 Å². The minimum atomic E-state index is 0.152. The first kappa shape index (κ1) is 11.5. The highest BCUT2D eigenvalue weighted by Gasteiger charge is 2.13. The van der Waals surface area contributed by atoms with Gasteiger partial charge in [-0.05, 0) is 23.1 Å². The lowest BCUT2D eigenvalue weighted by Crippen LogP contribution is -2.10. The predicted octanol–water partition coefficient (Wildman–Crippen LogP) is 4.12. The zero-order valence-electron chi connectivity index (χ0n) is 10.3. The predicted molar refractivity (Wildman–Crippen MR) is 67.6 cm³/mol. The van der Waals surface area contributed by atoms with Gasteiger partial charge < -0.3 is 4.42 Å². The van der Waals surface area contributed by atoms with Crippen molar-refractivity contribution in [2.45, 2.75) is 26.2 Å². The second-order valence-electron chi connectivity index (χ2n) is 5.10. The Labute approximate surface area is 102 Å². The maximum absolute atomic E-state index is 8.70. The number of rotatable bonds is 1. The van der Waals surface area contributed by atoms with Crippen LogP contribution in [0.2, 0.25) is 0 Å². The Balaban J connectivity index is 2.33. The van der Waals surface area contributed by atoms with Crippen LogP contribution in [0.3, 0.4) is 0 Å². The van der Waals surface area contributed by atoms with Gasteiger partial charge in [0.15, 0.2) is 0 Å². The van der Waals surface area contributed by atoms with Gasteiger partial charge in [-0.3, -0.25) is 0 Å². The number of benzene rings is 1. The van der Waals surface area contributed by atoms with E-state index in [2.05, 4.69) is 32.9 Å². The highest BCUT2D eigenvalue weighted by atomic mass is 16.3. The normalized spacial score (nSPS) is 11.2. The molecule has 0 N–H and O–H groups in total. The summed E-state index contributed by atoms with van der Waals surface area (Å²) in [5.74, 6) is 1.09. The van der Waals surface area contributed by atoms with Crippen LogP contribution in [-0.2, 0) is 5.41 Å². The summed E-state index contributed by atoms with van der Waals surface area (Å²) < 4.78 is 5.38. The van der Waals surface area contributed by atoms with Crippen molar-refractivity contribution >= 4 is 0 Å². The minimum Gasteiger partial charge on any atom is -0.446 e. The Morgan fingerprint density at radius 2 is 1.65 bits per heavy atom. The van der Waals surface area contributed by atoms with Crippen LogP contribution in [0.4, 0.5) is 0 Å². The van der Waals surface area contributed by atoms with E-state index in [0.29, 0.717) is 5.76 Å². The number of hydrogen-bond acceptors (Lipinski definition) is 2. The van der Waals surface area contributed by atoms with Crippen LogP contribution < -0.4 is 0 Å². The molecule has 0 atom stereocenters. The molecule has 0 spiro atoms. The van der Waals surface area contributed by atoms with Gasteiger partial charge in [-0.25, -0.2) is 0 Å². The Morgan fingerprint density at radius 3 is 2.12 bits per heavy atom. The van der Waals surface area contributed by atoms with Crippen LogP contribution in [0.1, 0.15) is 32.1 Å². The molecule has 0 bridgehead atoms. The van der Waals surface area contributed by atoms with E-state index in [1.165, 1.54) is 5.56 Å². The van der Waals surface area contributed by atoms with Crippen molar-refractivity contribution in [1.29, 1.82) is 5.26 Å². The van der Waals surface area contributed by atoms with Crippen molar-refractivity contribution < 1.29 is 4.42 Å².